The summed E-state index contributed by atoms with van der Waals surface area (Å²) in [6.45, 7) is 3.82. The number of rotatable bonds is 5. The highest BCUT2D eigenvalue weighted by Gasteiger charge is 2.31. The van der Waals surface area contributed by atoms with Crippen LogP contribution >= 0.6 is 0 Å². The number of anilines is 1. The molecule has 1 fully saturated rings. The van der Waals surface area contributed by atoms with E-state index in [2.05, 4.69) is 10.6 Å². The highest BCUT2D eigenvalue weighted by molar-refractivity contribution is 7.89. The summed E-state index contributed by atoms with van der Waals surface area (Å²) in [4.78, 5) is 26.2. The molecular formula is C21H24F2N4O4S. The van der Waals surface area contributed by atoms with E-state index in [0.29, 0.717) is 11.8 Å². The maximum Gasteiger partial charge on any atom is 0.319 e. The fourth-order valence-corrected chi connectivity index (χ4v) is 4.72. The second kappa shape index (κ2) is 9.61. The Balaban J connectivity index is 1.70. The SMILES string of the molecule is CC(C)NC(=O)Nc1ccccc1C(=O)N1CCN(S(=O)(=O)c2ccc(F)c(F)c2)CC1. The Kier molecular flexibility index (Phi) is 7.09. The van der Waals surface area contributed by atoms with Gasteiger partial charge in [-0.05, 0) is 44.2 Å². The van der Waals surface area contributed by atoms with E-state index in [9.17, 15) is 26.8 Å². The van der Waals surface area contributed by atoms with E-state index >= 15 is 0 Å². The number of carbonyl (C=O) groups excluding carboxylic acids is 2. The van der Waals surface area contributed by atoms with Crippen LogP contribution in [0.3, 0.4) is 0 Å². The van der Waals surface area contributed by atoms with E-state index in [-0.39, 0.29) is 48.6 Å². The van der Waals surface area contributed by atoms with E-state index in [1.807, 2.05) is 13.8 Å². The van der Waals surface area contributed by atoms with Crippen LogP contribution in [-0.4, -0.2) is 61.8 Å². The smallest absolute Gasteiger partial charge is 0.319 e. The third-order valence-electron chi connectivity index (χ3n) is 4.88. The molecule has 3 rings (SSSR count). The monoisotopic (exact) mass is 466 g/mol. The molecule has 1 aliphatic rings. The first-order valence-corrected chi connectivity index (χ1v) is 11.4. The Morgan fingerprint density at radius 3 is 2.25 bits per heavy atom. The van der Waals surface area contributed by atoms with E-state index in [1.165, 1.54) is 4.90 Å². The maximum atomic E-state index is 13.5. The molecular weight excluding hydrogens is 442 g/mol. The highest BCUT2D eigenvalue weighted by Crippen LogP contribution is 2.22. The first-order chi connectivity index (χ1) is 15.1. The summed E-state index contributed by atoms with van der Waals surface area (Å²) in [5, 5.41) is 5.34. The van der Waals surface area contributed by atoms with E-state index in [0.717, 1.165) is 16.4 Å². The van der Waals surface area contributed by atoms with Crippen molar-refractivity contribution >= 4 is 27.6 Å². The quantitative estimate of drug-likeness (QED) is 0.708. The Hall–Kier alpha value is -3.05. The summed E-state index contributed by atoms with van der Waals surface area (Å²) in [7, 11) is -4.03. The second-order valence-electron chi connectivity index (χ2n) is 7.57. The summed E-state index contributed by atoms with van der Waals surface area (Å²) < 4.78 is 53.2. The fraction of sp³-hybridized carbons (Fsp3) is 0.333. The Morgan fingerprint density at radius 2 is 1.62 bits per heavy atom. The van der Waals surface area contributed by atoms with E-state index in [4.69, 9.17) is 0 Å². The highest BCUT2D eigenvalue weighted by atomic mass is 32.2. The predicted molar refractivity (Wildman–Crippen MR) is 115 cm³/mol. The molecule has 2 aromatic carbocycles. The van der Waals surface area contributed by atoms with Crippen LogP contribution in [0.25, 0.3) is 0 Å². The predicted octanol–water partition coefficient (Wildman–Crippen LogP) is 2.64. The lowest BCUT2D eigenvalue weighted by molar-refractivity contribution is 0.0699. The summed E-state index contributed by atoms with van der Waals surface area (Å²) >= 11 is 0. The van der Waals surface area contributed by atoms with Crippen molar-refractivity contribution in [2.45, 2.75) is 24.8 Å². The van der Waals surface area contributed by atoms with Crippen molar-refractivity contribution in [3.63, 3.8) is 0 Å². The number of para-hydroxylation sites is 1. The minimum absolute atomic E-state index is 0.00347. The second-order valence-corrected chi connectivity index (χ2v) is 9.51. The van der Waals surface area contributed by atoms with Gasteiger partial charge in [-0.25, -0.2) is 22.0 Å². The number of benzene rings is 2. The van der Waals surface area contributed by atoms with Gasteiger partial charge in [-0.2, -0.15) is 4.31 Å². The summed E-state index contributed by atoms with van der Waals surface area (Å²) in [6, 6.07) is 8.44. The number of piperazine rings is 1. The minimum Gasteiger partial charge on any atom is -0.336 e. The number of carbonyl (C=O) groups is 2. The third-order valence-corrected chi connectivity index (χ3v) is 6.77. The van der Waals surface area contributed by atoms with Gasteiger partial charge in [-0.3, -0.25) is 4.79 Å². The lowest BCUT2D eigenvalue weighted by Crippen LogP contribution is -2.50. The molecule has 1 heterocycles. The molecule has 11 heteroatoms. The molecule has 0 atom stereocenters. The number of urea groups is 1. The first kappa shape index (κ1) is 23.6. The van der Waals surface area contributed by atoms with Crippen LogP contribution in [0, 0.1) is 11.6 Å². The lowest BCUT2D eigenvalue weighted by Gasteiger charge is -2.34. The van der Waals surface area contributed by atoms with Gasteiger partial charge in [0, 0.05) is 32.2 Å². The normalized spacial score (nSPS) is 15.0. The fourth-order valence-electron chi connectivity index (χ4n) is 3.29. The van der Waals surface area contributed by atoms with Crippen LogP contribution in [0.5, 0.6) is 0 Å². The molecule has 172 valence electrons. The minimum atomic E-state index is -4.03. The van der Waals surface area contributed by atoms with E-state index < -0.39 is 27.7 Å². The average molecular weight is 467 g/mol. The zero-order chi connectivity index (χ0) is 23.5. The van der Waals surface area contributed by atoms with Crippen LogP contribution < -0.4 is 10.6 Å². The van der Waals surface area contributed by atoms with Gasteiger partial charge < -0.3 is 15.5 Å². The summed E-state index contributed by atoms with van der Waals surface area (Å²) in [5.74, 6) is -2.73. The Bertz CT molecular complexity index is 1120. The molecule has 8 nitrogen and oxygen atoms in total. The molecule has 0 aromatic heterocycles. The lowest BCUT2D eigenvalue weighted by atomic mass is 10.1. The molecule has 32 heavy (non-hydrogen) atoms. The van der Waals surface area contributed by atoms with E-state index in [1.54, 1.807) is 24.3 Å². The van der Waals surface area contributed by atoms with Crippen LogP contribution in [-0.2, 0) is 10.0 Å². The number of nitrogens with zero attached hydrogens (tertiary/aromatic N) is 2. The molecule has 0 unspecified atom stereocenters. The molecule has 1 saturated heterocycles. The van der Waals surface area contributed by atoms with Gasteiger partial charge >= 0.3 is 6.03 Å². The Labute approximate surface area is 185 Å². The van der Waals surface area contributed by atoms with Crippen molar-refractivity contribution < 1.29 is 26.8 Å². The first-order valence-electron chi connectivity index (χ1n) is 10.0. The largest absolute Gasteiger partial charge is 0.336 e. The van der Waals surface area contributed by atoms with Crippen LogP contribution in [0.2, 0.25) is 0 Å². The number of hydrogen-bond donors (Lipinski definition) is 2. The van der Waals surface area contributed by atoms with Gasteiger partial charge in [0.1, 0.15) is 0 Å². The molecule has 0 aliphatic carbocycles. The van der Waals surface area contributed by atoms with Crippen LogP contribution in [0.4, 0.5) is 19.3 Å². The standard InChI is InChI=1S/C21H24F2N4O4S/c1-14(2)24-21(29)25-19-6-4-3-5-16(19)20(28)26-9-11-27(12-10-26)32(30,31)15-7-8-17(22)18(23)13-15/h3-8,13-14H,9-12H2,1-2H3,(H2,24,25,29). The van der Waals surface area contributed by atoms with Gasteiger partial charge in [-0.1, -0.05) is 12.1 Å². The molecule has 2 N–H and O–H groups in total. The molecule has 3 amide bonds. The van der Waals surface area contributed by atoms with Crippen molar-refractivity contribution in [1.29, 1.82) is 0 Å². The zero-order valence-corrected chi connectivity index (χ0v) is 18.5. The molecule has 0 radical (unpaired) electrons. The van der Waals surface area contributed by atoms with Gasteiger partial charge in [0.2, 0.25) is 10.0 Å². The molecule has 0 bridgehead atoms. The van der Waals surface area contributed by atoms with Crippen LogP contribution in [0.15, 0.2) is 47.4 Å². The van der Waals surface area contributed by atoms with Gasteiger partial charge in [-0.15, -0.1) is 0 Å². The van der Waals surface area contributed by atoms with Crippen molar-refractivity contribution in [3.8, 4) is 0 Å². The number of amides is 3. The number of nitrogens with one attached hydrogen (secondary N) is 2. The van der Waals surface area contributed by atoms with Crippen molar-refractivity contribution in [2.24, 2.45) is 0 Å². The van der Waals surface area contributed by atoms with Gasteiger partial charge in [0.25, 0.3) is 5.91 Å². The molecule has 1 aliphatic heterocycles. The third kappa shape index (κ3) is 5.22. The van der Waals surface area contributed by atoms with Crippen molar-refractivity contribution in [2.75, 3.05) is 31.5 Å². The van der Waals surface area contributed by atoms with Gasteiger partial charge in [0.15, 0.2) is 11.6 Å². The Morgan fingerprint density at radius 1 is 0.969 bits per heavy atom. The summed E-state index contributed by atoms with van der Waals surface area (Å²) in [6.07, 6.45) is 0. The van der Waals surface area contributed by atoms with Gasteiger partial charge in [0.05, 0.1) is 16.1 Å². The zero-order valence-electron chi connectivity index (χ0n) is 17.6. The van der Waals surface area contributed by atoms with Crippen molar-refractivity contribution in [1.82, 2.24) is 14.5 Å². The maximum absolute atomic E-state index is 13.5. The molecule has 2 aromatic rings. The molecule has 0 spiro atoms. The van der Waals surface area contributed by atoms with Crippen molar-refractivity contribution in [3.05, 3.63) is 59.7 Å². The number of halogens is 2. The number of hydrogen-bond acceptors (Lipinski definition) is 4. The molecule has 0 saturated carbocycles. The topological polar surface area (TPSA) is 98.8 Å². The summed E-state index contributed by atoms with van der Waals surface area (Å²) in [5.41, 5.74) is 0.621. The van der Waals surface area contributed by atoms with Crippen LogP contribution in [0.1, 0.15) is 24.2 Å². The average Bonchev–Trinajstić information content (AvgIpc) is 2.75. The number of sulfonamides is 1.